The van der Waals surface area contributed by atoms with Gasteiger partial charge in [0.25, 0.3) is 0 Å². The van der Waals surface area contributed by atoms with Crippen LogP contribution in [0.25, 0.3) is 0 Å². The van der Waals surface area contributed by atoms with Crippen molar-refractivity contribution in [3.63, 3.8) is 0 Å². The lowest BCUT2D eigenvalue weighted by atomic mass is 10.1. The van der Waals surface area contributed by atoms with Gasteiger partial charge in [0.15, 0.2) is 6.10 Å². The van der Waals surface area contributed by atoms with Crippen molar-refractivity contribution in [2.45, 2.75) is 84.2 Å². The molecule has 190 valence electrons. The Morgan fingerprint density at radius 3 is 2.00 bits per heavy atom. The summed E-state index contributed by atoms with van der Waals surface area (Å²) >= 11 is 0. The molecule has 0 aliphatic rings. The van der Waals surface area contributed by atoms with Crippen LogP contribution in [0.1, 0.15) is 78.1 Å². The van der Waals surface area contributed by atoms with Crippen LogP contribution in [-0.2, 0) is 32.7 Å². The molecule has 0 saturated carbocycles. The Hall–Kier alpha value is -0.990. The largest absolute Gasteiger partial charge is 0.472 e. The van der Waals surface area contributed by atoms with Gasteiger partial charge in [-0.25, -0.2) is 4.57 Å². The molecule has 0 aliphatic heterocycles. The number of hydrogen-bond donors (Lipinski definition) is 1. The van der Waals surface area contributed by atoms with Crippen LogP contribution in [0.4, 0.5) is 0 Å². The summed E-state index contributed by atoms with van der Waals surface area (Å²) in [6.45, 7) is 3.31. The summed E-state index contributed by atoms with van der Waals surface area (Å²) in [5.74, 6) is -0.996. The molecule has 0 aromatic carbocycles. The maximum absolute atomic E-state index is 12.1. The monoisotopic (exact) mass is 482 g/mol. The van der Waals surface area contributed by atoms with Crippen LogP contribution in [0.15, 0.2) is 0 Å². The van der Waals surface area contributed by atoms with E-state index in [1.54, 1.807) is 0 Å². The van der Waals surface area contributed by atoms with Gasteiger partial charge in [-0.15, -0.1) is 0 Å². The molecule has 9 nitrogen and oxygen atoms in total. The van der Waals surface area contributed by atoms with Gasteiger partial charge in [-0.1, -0.05) is 58.3 Å². The van der Waals surface area contributed by atoms with Crippen molar-refractivity contribution >= 4 is 19.8 Å². The summed E-state index contributed by atoms with van der Waals surface area (Å²) in [7, 11) is 1.47. The maximum Gasteiger partial charge on any atom is 0.472 e. The highest BCUT2D eigenvalue weighted by atomic mass is 31.2. The Labute approximate surface area is 193 Å². The van der Waals surface area contributed by atoms with E-state index in [4.69, 9.17) is 18.5 Å². The number of hydrogen-bond acceptors (Lipinski definition) is 7. The van der Waals surface area contributed by atoms with E-state index in [2.05, 4.69) is 6.92 Å². The summed E-state index contributed by atoms with van der Waals surface area (Å²) < 4.78 is 32.7. The Kier molecular flexibility index (Phi) is 16.9. The average molecular weight is 483 g/mol. The number of phosphoric ester groups is 1. The highest BCUT2D eigenvalue weighted by Crippen LogP contribution is 2.43. The van der Waals surface area contributed by atoms with E-state index < -0.39 is 32.5 Å². The number of quaternary nitrogens is 1. The molecule has 1 unspecified atom stereocenters. The van der Waals surface area contributed by atoms with Gasteiger partial charge >= 0.3 is 19.8 Å². The fourth-order valence-corrected chi connectivity index (χ4v) is 3.54. The highest BCUT2D eigenvalue weighted by molar-refractivity contribution is 7.47. The summed E-state index contributed by atoms with van der Waals surface area (Å²) in [4.78, 5) is 33.0. The van der Waals surface area contributed by atoms with E-state index in [9.17, 15) is 19.0 Å². The highest BCUT2D eigenvalue weighted by Gasteiger charge is 2.26. The van der Waals surface area contributed by atoms with Gasteiger partial charge in [-0.2, -0.15) is 0 Å². The number of unbranched alkanes of at least 4 members (excludes halogenated alkanes) is 8. The molecule has 0 rings (SSSR count). The number of rotatable bonds is 20. The molecule has 2 atom stereocenters. The van der Waals surface area contributed by atoms with Crippen LogP contribution in [0.2, 0.25) is 0 Å². The summed E-state index contributed by atoms with van der Waals surface area (Å²) in [5.41, 5.74) is 0. The summed E-state index contributed by atoms with van der Waals surface area (Å²) in [6, 6.07) is 0. The van der Waals surface area contributed by atoms with E-state index in [0.29, 0.717) is 17.4 Å². The van der Waals surface area contributed by atoms with Crippen molar-refractivity contribution in [1.82, 2.24) is 0 Å². The third-order valence-electron chi connectivity index (χ3n) is 4.70. The number of phosphoric acid groups is 1. The SMILES string of the molecule is CCCCCCCCCCCC(=O)O[C@H](COC(C)=O)COP(=O)(O)OCC[N+](C)(C)C. The maximum atomic E-state index is 12.1. The van der Waals surface area contributed by atoms with Crippen molar-refractivity contribution < 1.29 is 42.1 Å². The van der Waals surface area contributed by atoms with Crippen LogP contribution in [0, 0.1) is 0 Å². The van der Waals surface area contributed by atoms with Gasteiger partial charge in [-0.05, 0) is 6.42 Å². The van der Waals surface area contributed by atoms with Crippen LogP contribution in [0.3, 0.4) is 0 Å². The quantitative estimate of drug-likeness (QED) is 0.119. The minimum atomic E-state index is -4.31. The number of esters is 2. The van der Waals surface area contributed by atoms with Crippen LogP contribution < -0.4 is 0 Å². The second kappa shape index (κ2) is 17.5. The molecule has 10 heteroatoms. The molecule has 0 amide bonds. The van der Waals surface area contributed by atoms with Gasteiger partial charge in [0.1, 0.15) is 19.8 Å². The zero-order chi connectivity index (χ0) is 24.5. The van der Waals surface area contributed by atoms with Gasteiger partial charge < -0.3 is 18.9 Å². The first kappa shape index (κ1) is 31.0. The molecule has 1 N–H and O–H groups in total. The molecule has 0 bridgehead atoms. The van der Waals surface area contributed by atoms with Crippen molar-refractivity contribution in [1.29, 1.82) is 0 Å². The Morgan fingerprint density at radius 2 is 1.47 bits per heavy atom. The fraction of sp³-hybridized carbons (Fsp3) is 0.909. The van der Waals surface area contributed by atoms with Crippen molar-refractivity contribution in [3.05, 3.63) is 0 Å². The average Bonchev–Trinajstić information content (AvgIpc) is 2.67. The Balaban J connectivity index is 4.27. The zero-order valence-corrected chi connectivity index (χ0v) is 21.6. The van der Waals surface area contributed by atoms with Gasteiger partial charge in [-0.3, -0.25) is 18.6 Å². The summed E-state index contributed by atoms with van der Waals surface area (Å²) in [6.07, 6.45) is 9.47. The Bertz CT molecular complexity index is 565. The second-order valence-electron chi connectivity index (χ2n) is 9.10. The lowest BCUT2D eigenvalue weighted by Gasteiger charge is -2.24. The van der Waals surface area contributed by atoms with Gasteiger partial charge in [0.05, 0.1) is 27.7 Å². The first-order valence-electron chi connectivity index (χ1n) is 11.7. The van der Waals surface area contributed by atoms with Crippen LogP contribution in [0.5, 0.6) is 0 Å². The third-order valence-corrected chi connectivity index (χ3v) is 5.68. The fourth-order valence-electron chi connectivity index (χ4n) is 2.80. The second-order valence-corrected chi connectivity index (χ2v) is 10.6. The number of nitrogens with zero attached hydrogens (tertiary/aromatic N) is 1. The molecule has 0 radical (unpaired) electrons. The first-order valence-corrected chi connectivity index (χ1v) is 13.2. The van der Waals surface area contributed by atoms with Gasteiger partial charge in [0, 0.05) is 13.3 Å². The molecule has 32 heavy (non-hydrogen) atoms. The normalized spacial score (nSPS) is 14.6. The molecule has 0 aromatic heterocycles. The molecular formula is C22H45NO8P+. The lowest BCUT2D eigenvalue weighted by Crippen LogP contribution is -2.37. The summed E-state index contributed by atoms with van der Waals surface area (Å²) in [5, 5.41) is 0. The molecule has 0 heterocycles. The Morgan fingerprint density at radius 1 is 0.906 bits per heavy atom. The molecule has 0 fully saturated rings. The smallest absolute Gasteiger partial charge is 0.462 e. The van der Waals surface area contributed by atoms with E-state index >= 15 is 0 Å². The van der Waals surface area contributed by atoms with Crippen LogP contribution in [-0.4, -0.2) is 74.9 Å². The molecule has 0 aliphatic carbocycles. The molecule has 0 spiro atoms. The van der Waals surface area contributed by atoms with Crippen molar-refractivity contribution in [2.24, 2.45) is 0 Å². The van der Waals surface area contributed by atoms with E-state index in [-0.39, 0.29) is 19.6 Å². The third kappa shape index (κ3) is 20.9. The van der Waals surface area contributed by atoms with Crippen molar-refractivity contribution in [2.75, 3.05) is 47.5 Å². The number of carbonyl (C=O) groups is 2. The van der Waals surface area contributed by atoms with E-state index in [1.807, 2.05) is 21.1 Å². The first-order chi connectivity index (χ1) is 14.9. The minimum Gasteiger partial charge on any atom is -0.462 e. The molecule has 0 aromatic rings. The lowest BCUT2D eigenvalue weighted by molar-refractivity contribution is -0.870. The number of carbonyl (C=O) groups excluding carboxylic acids is 2. The zero-order valence-electron chi connectivity index (χ0n) is 20.7. The van der Waals surface area contributed by atoms with Crippen LogP contribution >= 0.6 is 7.82 Å². The van der Waals surface area contributed by atoms with Crippen molar-refractivity contribution in [3.8, 4) is 0 Å². The topological polar surface area (TPSA) is 108 Å². The number of ether oxygens (including phenoxy) is 2. The number of likely N-dealkylation sites (N-methyl/N-ethyl adjacent to an activating group) is 1. The van der Waals surface area contributed by atoms with E-state index in [0.717, 1.165) is 12.8 Å². The van der Waals surface area contributed by atoms with Gasteiger partial charge in [0.2, 0.25) is 0 Å². The minimum absolute atomic E-state index is 0.0320. The standard InChI is InChI=1S/C22H44NO8P/c1-6-7-8-9-10-11-12-13-14-15-22(25)31-21(18-28-20(2)24)19-30-32(26,27)29-17-16-23(3,4)5/h21H,6-19H2,1-5H3/p+1/t21-/m1/s1. The molecule has 0 saturated heterocycles. The predicted molar refractivity (Wildman–Crippen MR) is 123 cm³/mol. The molecular weight excluding hydrogens is 437 g/mol. The van der Waals surface area contributed by atoms with E-state index in [1.165, 1.54) is 45.4 Å². The predicted octanol–water partition coefficient (Wildman–Crippen LogP) is 4.22.